The molecule has 0 radical (unpaired) electrons. The number of phenols is 1. The lowest BCUT2D eigenvalue weighted by Gasteiger charge is -1.82. The van der Waals surface area contributed by atoms with E-state index < -0.39 is 0 Å². The fourth-order valence-corrected chi connectivity index (χ4v) is 1.21. The Labute approximate surface area is 92.6 Å². The van der Waals surface area contributed by atoms with E-state index in [-0.39, 0.29) is 0 Å². The topological polar surface area (TPSA) is 61.8 Å². The molecule has 1 heterocycles. The van der Waals surface area contributed by atoms with Crippen molar-refractivity contribution in [1.82, 2.24) is 15.4 Å². The zero-order chi connectivity index (χ0) is 11.2. The van der Waals surface area contributed by atoms with E-state index in [0.29, 0.717) is 5.75 Å². The van der Waals surface area contributed by atoms with Crippen LogP contribution in [0.3, 0.4) is 0 Å². The Bertz CT molecular complexity index is 518. The van der Waals surface area contributed by atoms with Crippen LogP contribution in [0.25, 0.3) is 11.0 Å². The average molecular weight is 213 g/mol. The van der Waals surface area contributed by atoms with Gasteiger partial charge in [0, 0.05) is 0 Å². The molecule has 0 aliphatic heterocycles. The summed E-state index contributed by atoms with van der Waals surface area (Å²) in [6.07, 6.45) is 0. The molecule has 4 heteroatoms. The number of aromatic nitrogens is 3. The Balaban J connectivity index is 0.000000125. The lowest BCUT2D eigenvalue weighted by Crippen LogP contribution is -1.63. The largest absolute Gasteiger partial charge is 0.508 e. The highest BCUT2D eigenvalue weighted by molar-refractivity contribution is 5.72. The summed E-state index contributed by atoms with van der Waals surface area (Å²) in [5.74, 6) is 0.322. The molecule has 2 N–H and O–H groups in total. The Morgan fingerprint density at radius 3 is 1.69 bits per heavy atom. The van der Waals surface area contributed by atoms with Crippen molar-refractivity contribution < 1.29 is 5.11 Å². The molecule has 16 heavy (non-hydrogen) atoms. The van der Waals surface area contributed by atoms with Crippen molar-refractivity contribution in [2.75, 3.05) is 0 Å². The first-order valence-electron chi connectivity index (χ1n) is 4.86. The maximum absolute atomic E-state index is 8.63. The highest BCUT2D eigenvalue weighted by atomic mass is 16.3. The normalized spacial score (nSPS) is 9.50. The molecule has 0 bridgehead atoms. The zero-order valence-electron chi connectivity index (χ0n) is 8.54. The van der Waals surface area contributed by atoms with E-state index in [0.717, 1.165) is 11.0 Å². The van der Waals surface area contributed by atoms with Crippen molar-refractivity contribution in [1.29, 1.82) is 0 Å². The van der Waals surface area contributed by atoms with Crippen LogP contribution in [0.5, 0.6) is 5.75 Å². The van der Waals surface area contributed by atoms with Crippen LogP contribution in [0.4, 0.5) is 0 Å². The molecule has 4 nitrogen and oxygen atoms in total. The second-order valence-electron chi connectivity index (χ2n) is 3.15. The van der Waals surface area contributed by atoms with Gasteiger partial charge in [0.15, 0.2) is 0 Å². The summed E-state index contributed by atoms with van der Waals surface area (Å²) in [6, 6.07) is 16.4. The van der Waals surface area contributed by atoms with Gasteiger partial charge in [-0.3, -0.25) is 0 Å². The SMILES string of the molecule is Oc1ccccc1.c1ccc2n[nH]nc2c1. The number of benzene rings is 2. The minimum absolute atomic E-state index is 0.322. The van der Waals surface area contributed by atoms with Gasteiger partial charge in [-0.25, -0.2) is 0 Å². The van der Waals surface area contributed by atoms with Gasteiger partial charge in [0.2, 0.25) is 0 Å². The van der Waals surface area contributed by atoms with E-state index in [1.807, 2.05) is 30.3 Å². The summed E-state index contributed by atoms with van der Waals surface area (Å²) >= 11 is 0. The van der Waals surface area contributed by atoms with E-state index in [2.05, 4.69) is 15.4 Å². The van der Waals surface area contributed by atoms with Crippen molar-refractivity contribution >= 4 is 11.0 Å². The van der Waals surface area contributed by atoms with Crippen molar-refractivity contribution in [3.05, 3.63) is 54.6 Å². The number of rotatable bonds is 0. The molecule has 0 amide bonds. The fraction of sp³-hybridized carbons (Fsp3) is 0. The number of aromatic amines is 1. The summed E-state index contributed by atoms with van der Waals surface area (Å²) in [4.78, 5) is 0. The second kappa shape index (κ2) is 4.93. The third kappa shape index (κ3) is 2.57. The molecule has 0 saturated heterocycles. The first-order valence-corrected chi connectivity index (χ1v) is 4.86. The first-order chi connectivity index (χ1) is 7.86. The van der Waals surface area contributed by atoms with E-state index in [9.17, 15) is 0 Å². The third-order valence-corrected chi connectivity index (χ3v) is 1.98. The van der Waals surface area contributed by atoms with Gasteiger partial charge in [0.25, 0.3) is 0 Å². The molecular weight excluding hydrogens is 202 g/mol. The fourth-order valence-electron chi connectivity index (χ4n) is 1.21. The summed E-state index contributed by atoms with van der Waals surface area (Å²) in [5.41, 5.74) is 1.83. The number of fused-ring (bicyclic) bond motifs is 1. The Morgan fingerprint density at radius 2 is 1.25 bits per heavy atom. The predicted molar refractivity (Wildman–Crippen MR) is 62.0 cm³/mol. The molecule has 0 aliphatic carbocycles. The van der Waals surface area contributed by atoms with Gasteiger partial charge in [0.1, 0.15) is 16.8 Å². The number of nitrogens with one attached hydrogen (secondary N) is 1. The molecule has 0 unspecified atom stereocenters. The Hall–Kier alpha value is -2.36. The van der Waals surface area contributed by atoms with Gasteiger partial charge >= 0.3 is 0 Å². The van der Waals surface area contributed by atoms with Crippen LogP contribution in [0.1, 0.15) is 0 Å². The van der Waals surface area contributed by atoms with Gasteiger partial charge in [-0.2, -0.15) is 15.4 Å². The lowest BCUT2D eigenvalue weighted by molar-refractivity contribution is 0.475. The maximum atomic E-state index is 8.63. The van der Waals surface area contributed by atoms with Crippen molar-refractivity contribution in [3.63, 3.8) is 0 Å². The highest BCUT2D eigenvalue weighted by Gasteiger charge is 1.90. The maximum Gasteiger partial charge on any atom is 0.115 e. The average Bonchev–Trinajstić information content (AvgIpc) is 2.79. The van der Waals surface area contributed by atoms with Gasteiger partial charge in [-0.05, 0) is 24.3 Å². The minimum atomic E-state index is 0.322. The van der Waals surface area contributed by atoms with E-state index in [1.54, 1.807) is 24.3 Å². The van der Waals surface area contributed by atoms with Gasteiger partial charge in [-0.1, -0.05) is 30.3 Å². The van der Waals surface area contributed by atoms with Crippen LogP contribution in [-0.2, 0) is 0 Å². The monoisotopic (exact) mass is 213 g/mol. The summed E-state index contributed by atoms with van der Waals surface area (Å²) in [7, 11) is 0. The van der Waals surface area contributed by atoms with Gasteiger partial charge in [0.05, 0.1) is 0 Å². The van der Waals surface area contributed by atoms with Crippen molar-refractivity contribution in [3.8, 4) is 5.75 Å². The van der Waals surface area contributed by atoms with Crippen molar-refractivity contribution in [2.24, 2.45) is 0 Å². The lowest BCUT2D eigenvalue weighted by atomic mass is 10.3. The van der Waals surface area contributed by atoms with Crippen LogP contribution in [0.2, 0.25) is 0 Å². The minimum Gasteiger partial charge on any atom is -0.508 e. The molecule has 0 atom stereocenters. The smallest absolute Gasteiger partial charge is 0.115 e. The number of hydrogen-bond acceptors (Lipinski definition) is 3. The molecule has 0 fully saturated rings. The molecule has 2 aromatic carbocycles. The molecule has 0 aliphatic rings. The van der Waals surface area contributed by atoms with Crippen molar-refractivity contribution in [2.45, 2.75) is 0 Å². The van der Waals surface area contributed by atoms with Gasteiger partial charge < -0.3 is 5.11 Å². The number of para-hydroxylation sites is 3. The quantitative estimate of drug-likeness (QED) is 0.602. The summed E-state index contributed by atoms with van der Waals surface area (Å²) < 4.78 is 0. The third-order valence-electron chi connectivity index (χ3n) is 1.98. The summed E-state index contributed by atoms with van der Waals surface area (Å²) in [5, 5.41) is 18.9. The molecule has 3 aromatic rings. The van der Waals surface area contributed by atoms with Crippen LogP contribution in [0.15, 0.2) is 54.6 Å². The Morgan fingerprint density at radius 1 is 0.750 bits per heavy atom. The molecule has 1 aromatic heterocycles. The zero-order valence-corrected chi connectivity index (χ0v) is 8.54. The second-order valence-corrected chi connectivity index (χ2v) is 3.15. The van der Waals surface area contributed by atoms with E-state index in [4.69, 9.17) is 5.11 Å². The number of aromatic hydroxyl groups is 1. The molecule has 0 spiro atoms. The van der Waals surface area contributed by atoms with E-state index >= 15 is 0 Å². The number of hydrogen-bond donors (Lipinski definition) is 2. The first kappa shape index (κ1) is 10.2. The van der Waals surface area contributed by atoms with Crippen LogP contribution >= 0.6 is 0 Å². The molecule has 3 rings (SSSR count). The van der Waals surface area contributed by atoms with Crippen LogP contribution in [-0.4, -0.2) is 20.5 Å². The number of nitrogens with zero attached hydrogens (tertiary/aromatic N) is 2. The Kier molecular flexibility index (Phi) is 3.13. The molecule has 80 valence electrons. The number of H-pyrrole nitrogens is 1. The van der Waals surface area contributed by atoms with Crippen LogP contribution < -0.4 is 0 Å². The highest BCUT2D eigenvalue weighted by Crippen LogP contribution is 2.03. The van der Waals surface area contributed by atoms with Gasteiger partial charge in [-0.15, -0.1) is 0 Å². The molecular formula is C12H11N3O. The van der Waals surface area contributed by atoms with Crippen LogP contribution in [0, 0.1) is 0 Å². The summed E-state index contributed by atoms with van der Waals surface area (Å²) in [6.45, 7) is 0. The van der Waals surface area contributed by atoms with E-state index in [1.165, 1.54) is 0 Å². The number of phenolic OH excluding ortho intramolecular Hbond substituents is 1. The standard InChI is InChI=1S/C6H5N3.C6H6O/c1-2-4-6-5(3-1)7-9-8-6;7-6-4-2-1-3-5-6/h1-4H,(H,7,8,9);1-5,7H. The predicted octanol–water partition coefficient (Wildman–Crippen LogP) is 2.35. The molecule has 0 saturated carbocycles.